The van der Waals surface area contributed by atoms with Crippen LogP contribution in [-0.2, 0) is 9.53 Å². The number of aliphatic hydroxyl groups is 1. The lowest BCUT2D eigenvalue weighted by molar-refractivity contribution is -0.140. The highest BCUT2D eigenvalue weighted by molar-refractivity contribution is 5.77. The SMILES string of the molecule is O=C(COC1CCC(O)CC1)N1CCCCC1. The molecule has 2 fully saturated rings. The van der Waals surface area contributed by atoms with Gasteiger partial charge in [-0.1, -0.05) is 0 Å². The van der Waals surface area contributed by atoms with Crippen molar-refractivity contribution in [2.45, 2.75) is 57.2 Å². The maximum absolute atomic E-state index is 11.9. The first-order valence-electron chi connectivity index (χ1n) is 6.83. The predicted molar refractivity (Wildman–Crippen MR) is 64.6 cm³/mol. The van der Waals surface area contributed by atoms with Crippen LogP contribution in [-0.4, -0.2) is 47.8 Å². The monoisotopic (exact) mass is 241 g/mol. The minimum Gasteiger partial charge on any atom is -0.393 e. The Morgan fingerprint density at radius 3 is 2.41 bits per heavy atom. The molecule has 1 amide bonds. The maximum Gasteiger partial charge on any atom is 0.248 e. The van der Waals surface area contributed by atoms with Crippen molar-refractivity contribution < 1.29 is 14.6 Å². The first-order valence-corrected chi connectivity index (χ1v) is 6.83. The predicted octanol–water partition coefficient (Wildman–Crippen LogP) is 1.32. The van der Waals surface area contributed by atoms with Gasteiger partial charge in [-0.05, 0) is 44.9 Å². The van der Waals surface area contributed by atoms with E-state index in [1.807, 2.05) is 4.90 Å². The van der Waals surface area contributed by atoms with E-state index >= 15 is 0 Å². The zero-order valence-corrected chi connectivity index (χ0v) is 10.4. The molecule has 0 unspecified atom stereocenters. The number of likely N-dealkylation sites (tertiary alicyclic amines) is 1. The van der Waals surface area contributed by atoms with Crippen LogP contribution in [0.1, 0.15) is 44.9 Å². The highest BCUT2D eigenvalue weighted by Crippen LogP contribution is 2.21. The highest BCUT2D eigenvalue weighted by atomic mass is 16.5. The molecule has 4 nitrogen and oxygen atoms in total. The molecule has 0 atom stereocenters. The van der Waals surface area contributed by atoms with E-state index in [0.717, 1.165) is 51.6 Å². The second-order valence-electron chi connectivity index (χ2n) is 5.18. The lowest BCUT2D eigenvalue weighted by Crippen LogP contribution is -2.39. The normalized spacial score (nSPS) is 30.3. The fraction of sp³-hybridized carbons (Fsp3) is 0.923. The van der Waals surface area contributed by atoms with E-state index in [9.17, 15) is 9.90 Å². The van der Waals surface area contributed by atoms with Crippen molar-refractivity contribution in [2.75, 3.05) is 19.7 Å². The summed E-state index contributed by atoms with van der Waals surface area (Å²) in [4.78, 5) is 13.8. The van der Waals surface area contributed by atoms with Gasteiger partial charge in [-0.25, -0.2) is 0 Å². The summed E-state index contributed by atoms with van der Waals surface area (Å²) in [7, 11) is 0. The Bertz CT molecular complexity index is 243. The third kappa shape index (κ3) is 3.96. The second-order valence-corrected chi connectivity index (χ2v) is 5.18. The molecular weight excluding hydrogens is 218 g/mol. The summed E-state index contributed by atoms with van der Waals surface area (Å²) >= 11 is 0. The zero-order chi connectivity index (χ0) is 12.1. The van der Waals surface area contributed by atoms with Crippen molar-refractivity contribution >= 4 is 5.91 Å². The van der Waals surface area contributed by atoms with E-state index in [0.29, 0.717) is 0 Å². The van der Waals surface area contributed by atoms with Gasteiger partial charge in [0.2, 0.25) is 5.91 Å². The number of carbonyl (C=O) groups excluding carboxylic acids is 1. The molecule has 0 radical (unpaired) electrons. The van der Waals surface area contributed by atoms with Gasteiger partial charge in [-0.15, -0.1) is 0 Å². The largest absolute Gasteiger partial charge is 0.393 e. The van der Waals surface area contributed by atoms with E-state index in [1.165, 1.54) is 6.42 Å². The van der Waals surface area contributed by atoms with Crippen molar-refractivity contribution in [1.82, 2.24) is 4.90 Å². The van der Waals surface area contributed by atoms with Crippen LogP contribution >= 0.6 is 0 Å². The summed E-state index contributed by atoms with van der Waals surface area (Å²) < 4.78 is 5.64. The van der Waals surface area contributed by atoms with Crippen LogP contribution in [0.2, 0.25) is 0 Å². The Labute approximate surface area is 103 Å². The first kappa shape index (κ1) is 12.8. The molecule has 0 aromatic carbocycles. The Kier molecular flexibility index (Phi) is 4.80. The molecule has 0 spiro atoms. The van der Waals surface area contributed by atoms with E-state index in [1.54, 1.807) is 0 Å². The molecule has 1 heterocycles. The molecule has 1 N–H and O–H groups in total. The van der Waals surface area contributed by atoms with Gasteiger partial charge >= 0.3 is 0 Å². The number of aliphatic hydroxyl groups excluding tert-OH is 1. The summed E-state index contributed by atoms with van der Waals surface area (Å²) in [6.45, 7) is 2.01. The van der Waals surface area contributed by atoms with Crippen molar-refractivity contribution in [3.8, 4) is 0 Å². The minimum absolute atomic E-state index is 0.135. The summed E-state index contributed by atoms with van der Waals surface area (Å²) in [6, 6.07) is 0. The fourth-order valence-corrected chi connectivity index (χ4v) is 2.64. The third-order valence-corrected chi connectivity index (χ3v) is 3.80. The summed E-state index contributed by atoms with van der Waals surface area (Å²) in [5.74, 6) is 0.135. The van der Waals surface area contributed by atoms with Crippen LogP contribution in [0.3, 0.4) is 0 Å². The number of hydrogen-bond acceptors (Lipinski definition) is 3. The van der Waals surface area contributed by atoms with Crippen molar-refractivity contribution in [1.29, 1.82) is 0 Å². The van der Waals surface area contributed by atoms with Gasteiger partial charge in [0.05, 0.1) is 12.2 Å². The Balaban J connectivity index is 1.65. The lowest BCUT2D eigenvalue weighted by Gasteiger charge is -2.29. The van der Waals surface area contributed by atoms with Crippen molar-refractivity contribution in [3.63, 3.8) is 0 Å². The third-order valence-electron chi connectivity index (χ3n) is 3.80. The van der Waals surface area contributed by atoms with Crippen LogP contribution in [0.25, 0.3) is 0 Å². The number of nitrogens with zero attached hydrogens (tertiary/aromatic N) is 1. The van der Waals surface area contributed by atoms with Crippen LogP contribution in [0.4, 0.5) is 0 Å². The molecule has 17 heavy (non-hydrogen) atoms. The Morgan fingerprint density at radius 2 is 1.76 bits per heavy atom. The molecule has 1 aliphatic heterocycles. The number of ether oxygens (including phenoxy) is 1. The summed E-state index contributed by atoms with van der Waals surface area (Å²) in [5.41, 5.74) is 0. The van der Waals surface area contributed by atoms with E-state index in [4.69, 9.17) is 4.74 Å². The lowest BCUT2D eigenvalue weighted by atomic mass is 9.95. The van der Waals surface area contributed by atoms with Crippen LogP contribution < -0.4 is 0 Å². The maximum atomic E-state index is 11.9. The van der Waals surface area contributed by atoms with Crippen molar-refractivity contribution in [3.05, 3.63) is 0 Å². The van der Waals surface area contributed by atoms with E-state index < -0.39 is 0 Å². The summed E-state index contributed by atoms with van der Waals surface area (Å²) in [5, 5.41) is 9.38. The smallest absolute Gasteiger partial charge is 0.248 e. The Hall–Kier alpha value is -0.610. The average Bonchev–Trinajstić information content (AvgIpc) is 2.39. The molecule has 0 bridgehead atoms. The number of amides is 1. The number of piperidine rings is 1. The standard InChI is InChI=1S/C13H23NO3/c15-11-4-6-12(7-5-11)17-10-13(16)14-8-2-1-3-9-14/h11-12,15H,1-10H2. The first-order chi connectivity index (χ1) is 8.25. The van der Waals surface area contributed by atoms with E-state index in [2.05, 4.69) is 0 Å². The molecule has 1 aliphatic carbocycles. The number of rotatable bonds is 3. The van der Waals surface area contributed by atoms with Gasteiger partial charge in [0.1, 0.15) is 6.61 Å². The van der Waals surface area contributed by atoms with Gasteiger partial charge in [0.25, 0.3) is 0 Å². The van der Waals surface area contributed by atoms with E-state index in [-0.39, 0.29) is 24.7 Å². The van der Waals surface area contributed by atoms with Gasteiger partial charge in [-0.3, -0.25) is 4.79 Å². The molecule has 0 aromatic rings. The summed E-state index contributed by atoms with van der Waals surface area (Å²) in [6.07, 6.45) is 6.89. The molecule has 4 heteroatoms. The molecule has 1 saturated heterocycles. The van der Waals surface area contributed by atoms with Crippen LogP contribution in [0, 0.1) is 0 Å². The molecule has 2 aliphatic rings. The fourth-order valence-electron chi connectivity index (χ4n) is 2.64. The molecule has 1 saturated carbocycles. The minimum atomic E-state index is -0.160. The number of hydrogen-bond donors (Lipinski definition) is 1. The van der Waals surface area contributed by atoms with Crippen LogP contribution in [0.5, 0.6) is 0 Å². The number of carbonyl (C=O) groups is 1. The Morgan fingerprint density at radius 1 is 1.12 bits per heavy atom. The quantitative estimate of drug-likeness (QED) is 0.810. The van der Waals surface area contributed by atoms with Gasteiger partial charge < -0.3 is 14.7 Å². The molecular formula is C13H23NO3. The molecule has 0 aromatic heterocycles. The van der Waals surface area contributed by atoms with Crippen LogP contribution in [0.15, 0.2) is 0 Å². The molecule has 2 rings (SSSR count). The van der Waals surface area contributed by atoms with Crippen molar-refractivity contribution in [2.24, 2.45) is 0 Å². The second kappa shape index (κ2) is 6.36. The van der Waals surface area contributed by atoms with Gasteiger partial charge in [0.15, 0.2) is 0 Å². The highest BCUT2D eigenvalue weighted by Gasteiger charge is 2.22. The average molecular weight is 241 g/mol. The topological polar surface area (TPSA) is 49.8 Å². The van der Waals surface area contributed by atoms with Gasteiger partial charge in [-0.2, -0.15) is 0 Å². The van der Waals surface area contributed by atoms with Gasteiger partial charge in [0, 0.05) is 13.1 Å². The zero-order valence-electron chi connectivity index (χ0n) is 10.4. The molecule has 98 valence electrons.